The number of anilines is 1. The summed E-state index contributed by atoms with van der Waals surface area (Å²) >= 11 is 0. The van der Waals surface area contributed by atoms with Gasteiger partial charge in [-0.15, -0.1) is 0 Å². The molecule has 1 atom stereocenters. The molecule has 2 rings (SSSR count). The lowest BCUT2D eigenvalue weighted by molar-refractivity contribution is 0.0697. The Labute approximate surface area is 153 Å². The molecule has 0 fully saturated rings. The van der Waals surface area contributed by atoms with Gasteiger partial charge in [-0.25, -0.2) is 17.9 Å². The second-order valence-corrected chi connectivity index (χ2v) is 7.59. The molecule has 0 heterocycles. The molecule has 0 saturated heterocycles. The van der Waals surface area contributed by atoms with Gasteiger partial charge >= 0.3 is 5.97 Å². The first-order valence-electron chi connectivity index (χ1n) is 8.00. The molecule has 1 unspecified atom stereocenters. The van der Waals surface area contributed by atoms with Crippen LogP contribution in [0.5, 0.6) is 0 Å². The first-order chi connectivity index (χ1) is 12.3. The highest BCUT2D eigenvalue weighted by atomic mass is 32.2. The molecule has 0 bridgehead atoms. The van der Waals surface area contributed by atoms with E-state index in [4.69, 9.17) is 4.74 Å². The third kappa shape index (κ3) is 5.29. The van der Waals surface area contributed by atoms with E-state index in [1.807, 2.05) is 25.1 Å². The lowest BCUT2D eigenvalue weighted by atomic mass is 10.1. The molecule has 8 heteroatoms. The van der Waals surface area contributed by atoms with Crippen molar-refractivity contribution in [2.45, 2.75) is 24.4 Å². The van der Waals surface area contributed by atoms with Gasteiger partial charge in [0.1, 0.15) is 0 Å². The Hall–Kier alpha value is -2.42. The number of sulfonamides is 1. The summed E-state index contributed by atoms with van der Waals surface area (Å²) in [5.41, 5.74) is 1.03. The predicted octanol–water partition coefficient (Wildman–Crippen LogP) is 2.31. The van der Waals surface area contributed by atoms with E-state index in [0.717, 1.165) is 11.6 Å². The second kappa shape index (κ2) is 8.79. The van der Waals surface area contributed by atoms with Gasteiger partial charge < -0.3 is 15.2 Å². The van der Waals surface area contributed by atoms with E-state index in [0.29, 0.717) is 12.3 Å². The zero-order chi connectivity index (χ0) is 19.2. The molecule has 7 nitrogen and oxygen atoms in total. The summed E-state index contributed by atoms with van der Waals surface area (Å²) in [6.45, 7) is 2.34. The maximum Gasteiger partial charge on any atom is 0.337 e. The van der Waals surface area contributed by atoms with Crippen LogP contribution in [0.2, 0.25) is 0 Å². The summed E-state index contributed by atoms with van der Waals surface area (Å²) in [6, 6.07) is 12.9. The van der Waals surface area contributed by atoms with Gasteiger partial charge in [0.2, 0.25) is 10.0 Å². The van der Waals surface area contributed by atoms with E-state index in [1.165, 1.54) is 12.1 Å². The monoisotopic (exact) mass is 378 g/mol. The quantitative estimate of drug-likeness (QED) is 0.618. The SMILES string of the molecule is COCC(C)Nc1ccc(S(=O)(=O)NCc2ccccc2)cc1C(=O)O. The number of aromatic carboxylic acids is 1. The van der Waals surface area contributed by atoms with Gasteiger partial charge in [0, 0.05) is 25.4 Å². The Balaban J connectivity index is 2.23. The minimum atomic E-state index is -3.84. The molecule has 0 saturated carbocycles. The van der Waals surface area contributed by atoms with Gasteiger partial charge in [0.05, 0.1) is 17.1 Å². The van der Waals surface area contributed by atoms with E-state index < -0.39 is 16.0 Å². The number of hydrogen-bond donors (Lipinski definition) is 3. The highest BCUT2D eigenvalue weighted by Gasteiger charge is 2.19. The van der Waals surface area contributed by atoms with Crippen molar-refractivity contribution in [2.75, 3.05) is 19.0 Å². The molecule has 140 valence electrons. The van der Waals surface area contributed by atoms with E-state index >= 15 is 0 Å². The van der Waals surface area contributed by atoms with Crippen molar-refractivity contribution in [3.8, 4) is 0 Å². The Kier molecular flexibility index (Phi) is 6.73. The predicted molar refractivity (Wildman–Crippen MR) is 98.8 cm³/mol. The topological polar surface area (TPSA) is 105 Å². The number of carbonyl (C=O) groups is 1. The molecule has 0 aromatic heterocycles. The van der Waals surface area contributed by atoms with Crippen LogP contribution < -0.4 is 10.0 Å². The fourth-order valence-electron chi connectivity index (χ4n) is 2.41. The molecule has 0 spiro atoms. The number of rotatable bonds is 9. The zero-order valence-electron chi connectivity index (χ0n) is 14.6. The Bertz CT molecular complexity index is 853. The molecule has 0 aliphatic heterocycles. The van der Waals surface area contributed by atoms with Crippen LogP contribution in [0.25, 0.3) is 0 Å². The third-order valence-electron chi connectivity index (χ3n) is 3.66. The number of hydrogen-bond acceptors (Lipinski definition) is 5. The molecule has 0 aliphatic rings. The average molecular weight is 378 g/mol. The van der Waals surface area contributed by atoms with Crippen LogP contribution in [0.4, 0.5) is 5.69 Å². The van der Waals surface area contributed by atoms with Crippen molar-refractivity contribution in [2.24, 2.45) is 0 Å². The molecule has 26 heavy (non-hydrogen) atoms. The van der Waals surface area contributed by atoms with E-state index in [2.05, 4.69) is 10.0 Å². The van der Waals surface area contributed by atoms with E-state index in [-0.39, 0.29) is 23.0 Å². The number of nitrogens with one attached hydrogen (secondary N) is 2. The lowest BCUT2D eigenvalue weighted by Crippen LogP contribution is -2.25. The number of carboxylic acids is 1. The molecular formula is C18H22N2O5S. The van der Waals surface area contributed by atoms with Gasteiger partial charge in [-0.05, 0) is 30.7 Å². The third-order valence-corrected chi connectivity index (χ3v) is 5.06. The molecule has 0 radical (unpaired) electrons. The number of benzene rings is 2. The highest BCUT2D eigenvalue weighted by molar-refractivity contribution is 7.89. The van der Waals surface area contributed by atoms with Crippen molar-refractivity contribution in [1.82, 2.24) is 4.72 Å². The summed E-state index contributed by atoms with van der Waals surface area (Å²) in [6.07, 6.45) is 0. The molecule has 2 aromatic rings. The van der Waals surface area contributed by atoms with Crippen molar-refractivity contribution in [1.29, 1.82) is 0 Å². The fraction of sp³-hybridized carbons (Fsp3) is 0.278. The van der Waals surface area contributed by atoms with Crippen molar-refractivity contribution < 1.29 is 23.1 Å². The van der Waals surface area contributed by atoms with Gasteiger partial charge in [-0.2, -0.15) is 0 Å². The van der Waals surface area contributed by atoms with Gasteiger partial charge in [0.25, 0.3) is 0 Å². The highest BCUT2D eigenvalue weighted by Crippen LogP contribution is 2.22. The Morgan fingerprint density at radius 1 is 1.19 bits per heavy atom. The van der Waals surface area contributed by atoms with Crippen molar-refractivity contribution in [3.05, 3.63) is 59.7 Å². The summed E-state index contributed by atoms with van der Waals surface area (Å²) in [4.78, 5) is 11.4. The molecule has 2 aromatic carbocycles. The number of ether oxygens (including phenoxy) is 1. The van der Waals surface area contributed by atoms with Crippen LogP contribution in [-0.4, -0.2) is 39.3 Å². The van der Waals surface area contributed by atoms with Gasteiger partial charge in [-0.1, -0.05) is 30.3 Å². The number of carboxylic acid groups (broad SMARTS) is 1. The fourth-order valence-corrected chi connectivity index (χ4v) is 3.45. The summed E-state index contributed by atoms with van der Waals surface area (Å²) in [5, 5.41) is 12.4. The molecule has 3 N–H and O–H groups in total. The maximum absolute atomic E-state index is 12.5. The van der Waals surface area contributed by atoms with Gasteiger partial charge in [0.15, 0.2) is 0 Å². The summed E-state index contributed by atoms with van der Waals surface area (Å²) in [5.74, 6) is -1.21. The minimum absolute atomic E-state index is 0.101. The minimum Gasteiger partial charge on any atom is -0.478 e. The second-order valence-electron chi connectivity index (χ2n) is 5.82. The van der Waals surface area contributed by atoms with E-state index in [1.54, 1.807) is 19.2 Å². The summed E-state index contributed by atoms with van der Waals surface area (Å²) < 4.78 is 32.4. The lowest BCUT2D eigenvalue weighted by Gasteiger charge is -2.17. The Morgan fingerprint density at radius 2 is 1.88 bits per heavy atom. The Morgan fingerprint density at radius 3 is 2.50 bits per heavy atom. The van der Waals surface area contributed by atoms with Crippen LogP contribution in [0.3, 0.4) is 0 Å². The average Bonchev–Trinajstić information content (AvgIpc) is 2.61. The first kappa shape index (κ1) is 19.9. The van der Waals surface area contributed by atoms with Crippen LogP contribution in [0.1, 0.15) is 22.8 Å². The number of methoxy groups -OCH3 is 1. The maximum atomic E-state index is 12.5. The molecule has 0 aliphatic carbocycles. The van der Waals surface area contributed by atoms with Crippen LogP contribution in [-0.2, 0) is 21.3 Å². The zero-order valence-corrected chi connectivity index (χ0v) is 15.4. The standard InChI is InChI=1S/C18H22N2O5S/c1-13(12-25-2)20-17-9-8-15(10-16(17)18(21)22)26(23,24)19-11-14-6-4-3-5-7-14/h3-10,13,19-20H,11-12H2,1-2H3,(H,21,22). The van der Waals surface area contributed by atoms with Crippen LogP contribution in [0.15, 0.2) is 53.4 Å². The van der Waals surface area contributed by atoms with Crippen molar-refractivity contribution >= 4 is 21.7 Å². The first-order valence-corrected chi connectivity index (χ1v) is 9.48. The van der Waals surface area contributed by atoms with Crippen LogP contribution >= 0.6 is 0 Å². The van der Waals surface area contributed by atoms with Crippen molar-refractivity contribution in [3.63, 3.8) is 0 Å². The van der Waals surface area contributed by atoms with E-state index in [9.17, 15) is 18.3 Å². The largest absolute Gasteiger partial charge is 0.478 e. The van der Waals surface area contributed by atoms with Crippen LogP contribution in [0, 0.1) is 0 Å². The normalized spacial score (nSPS) is 12.5. The smallest absolute Gasteiger partial charge is 0.337 e. The molecule has 0 amide bonds. The molecular weight excluding hydrogens is 356 g/mol. The van der Waals surface area contributed by atoms with Gasteiger partial charge in [-0.3, -0.25) is 0 Å². The summed E-state index contributed by atoms with van der Waals surface area (Å²) in [7, 11) is -2.29.